The molecule has 12 nitrogen and oxygen atoms in total. The van der Waals surface area contributed by atoms with Gasteiger partial charge in [0.1, 0.15) is 19.1 Å². The van der Waals surface area contributed by atoms with Crippen LogP contribution in [0.1, 0.15) is 30.9 Å². The number of ether oxygens (including phenoxy) is 3. The molecule has 2 N–H and O–H groups in total. The van der Waals surface area contributed by atoms with Crippen LogP contribution in [0.2, 0.25) is 0 Å². The van der Waals surface area contributed by atoms with E-state index in [1.165, 1.54) is 45.2 Å². The number of esters is 2. The molecule has 2 saturated heterocycles. The van der Waals surface area contributed by atoms with E-state index in [1.807, 2.05) is 30.3 Å². The van der Waals surface area contributed by atoms with Crippen LogP contribution in [0, 0.1) is 16.0 Å². The van der Waals surface area contributed by atoms with Crippen molar-refractivity contribution in [2.75, 3.05) is 26.9 Å². The smallest absolute Gasteiger partial charge is 0.343 e. The number of fused-ring (bicyclic) bond motifs is 2. The standard InChI is InChI=1S/C27H30N2O10/c1-25-22(23(30)36-16-15-35-3)21(19-12-7-13-20(17-19)29(33)34)27(32,26(2,28-25)39-38-25)24(31)37-14-8-11-18-9-5-4-6-10-18/h4-13,17,21-22,28,32H,14-16H2,1-3H3/b11-8+/t21-,22+,25-,26+,27-/m1/s1. The van der Waals surface area contributed by atoms with Gasteiger partial charge in [0, 0.05) is 25.2 Å². The number of non-ortho nitro benzene ring substituents is 1. The molecule has 4 rings (SSSR count). The number of rotatable bonds is 10. The monoisotopic (exact) mass is 542 g/mol. The molecule has 0 radical (unpaired) electrons. The van der Waals surface area contributed by atoms with E-state index in [1.54, 1.807) is 12.2 Å². The van der Waals surface area contributed by atoms with Crippen molar-refractivity contribution < 1.29 is 43.6 Å². The Balaban J connectivity index is 1.75. The maximum absolute atomic E-state index is 13.7. The molecule has 39 heavy (non-hydrogen) atoms. The average molecular weight is 543 g/mol. The lowest BCUT2D eigenvalue weighted by atomic mass is 9.63. The van der Waals surface area contributed by atoms with Crippen molar-refractivity contribution in [2.45, 2.75) is 36.8 Å². The van der Waals surface area contributed by atoms with E-state index in [2.05, 4.69) is 5.32 Å². The fourth-order valence-corrected chi connectivity index (χ4v) is 5.08. The van der Waals surface area contributed by atoms with Gasteiger partial charge in [0.05, 0.1) is 11.5 Å². The summed E-state index contributed by atoms with van der Waals surface area (Å²) in [6, 6.07) is 14.6. The molecular weight excluding hydrogens is 512 g/mol. The number of hydrogen-bond acceptors (Lipinski definition) is 11. The van der Waals surface area contributed by atoms with E-state index in [0.717, 1.165) is 5.56 Å². The van der Waals surface area contributed by atoms with Crippen LogP contribution in [-0.4, -0.2) is 65.9 Å². The van der Waals surface area contributed by atoms with Gasteiger partial charge in [0.25, 0.3) is 5.69 Å². The molecule has 2 aliphatic heterocycles. The van der Waals surface area contributed by atoms with Gasteiger partial charge in [0.2, 0.25) is 5.60 Å². The van der Waals surface area contributed by atoms with E-state index in [0.29, 0.717) is 0 Å². The van der Waals surface area contributed by atoms with E-state index in [4.69, 9.17) is 24.0 Å². The first kappa shape index (κ1) is 28.3. The lowest BCUT2D eigenvalue weighted by Crippen LogP contribution is -2.76. The Morgan fingerprint density at radius 3 is 2.54 bits per heavy atom. The number of nitrogens with one attached hydrogen (secondary N) is 1. The van der Waals surface area contributed by atoms with Crippen LogP contribution in [0.5, 0.6) is 0 Å². The van der Waals surface area contributed by atoms with Crippen molar-refractivity contribution in [1.82, 2.24) is 5.32 Å². The Morgan fingerprint density at radius 1 is 1.10 bits per heavy atom. The summed E-state index contributed by atoms with van der Waals surface area (Å²) in [6.07, 6.45) is 3.32. The molecule has 0 spiro atoms. The third-order valence-electron chi connectivity index (χ3n) is 6.93. The molecule has 2 fully saturated rings. The normalized spacial score (nSPS) is 29.7. The van der Waals surface area contributed by atoms with Crippen molar-refractivity contribution in [2.24, 2.45) is 5.92 Å². The highest BCUT2D eigenvalue weighted by Crippen LogP contribution is 2.56. The van der Waals surface area contributed by atoms with Crippen molar-refractivity contribution in [3.63, 3.8) is 0 Å². The summed E-state index contributed by atoms with van der Waals surface area (Å²) >= 11 is 0. The fraction of sp³-hybridized carbons (Fsp3) is 0.407. The van der Waals surface area contributed by atoms with Gasteiger partial charge in [-0.3, -0.25) is 20.2 Å². The number of piperidine rings is 1. The largest absolute Gasteiger partial charge is 0.463 e. The van der Waals surface area contributed by atoms with Crippen molar-refractivity contribution in [1.29, 1.82) is 0 Å². The minimum Gasteiger partial charge on any atom is -0.463 e. The molecule has 0 amide bonds. The number of nitro benzene ring substituents is 1. The Bertz CT molecular complexity index is 1250. The minimum absolute atomic E-state index is 0.0964. The van der Waals surface area contributed by atoms with Crippen LogP contribution < -0.4 is 5.32 Å². The number of methoxy groups -OCH3 is 1. The van der Waals surface area contributed by atoms with Crippen LogP contribution in [0.4, 0.5) is 5.69 Å². The third-order valence-corrected chi connectivity index (χ3v) is 6.93. The lowest BCUT2D eigenvalue weighted by molar-refractivity contribution is -0.385. The first-order chi connectivity index (χ1) is 18.6. The molecule has 208 valence electrons. The van der Waals surface area contributed by atoms with E-state index >= 15 is 0 Å². The molecule has 0 saturated carbocycles. The summed E-state index contributed by atoms with van der Waals surface area (Å²) < 4.78 is 15.8. The first-order valence-corrected chi connectivity index (χ1v) is 12.2. The zero-order valence-electron chi connectivity index (χ0n) is 21.7. The summed E-state index contributed by atoms with van der Waals surface area (Å²) in [4.78, 5) is 49.0. The van der Waals surface area contributed by atoms with Crippen LogP contribution in [0.25, 0.3) is 6.08 Å². The van der Waals surface area contributed by atoms with E-state index < -0.39 is 45.7 Å². The summed E-state index contributed by atoms with van der Waals surface area (Å²) in [5.41, 5.74) is -5.39. The van der Waals surface area contributed by atoms with Gasteiger partial charge in [-0.25, -0.2) is 14.6 Å². The number of nitro groups is 1. The Hall–Kier alpha value is -3.68. The fourth-order valence-electron chi connectivity index (χ4n) is 5.08. The zero-order chi connectivity index (χ0) is 28.3. The third kappa shape index (κ3) is 5.29. The zero-order valence-corrected chi connectivity index (χ0v) is 21.7. The minimum atomic E-state index is -2.59. The lowest BCUT2D eigenvalue weighted by Gasteiger charge is -2.50. The number of benzene rings is 2. The predicted octanol–water partition coefficient (Wildman–Crippen LogP) is 2.47. The Morgan fingerprint density at radius 2 is 1.85 bits per heavy atom. The van der Waals surface area contributed by atoms with Gasteiger partial charge in [-0.05, 0) is 31.1 Å². The molecule has 0 aliphatic carbocycles. The molecular formula is C27H30N2O10. The van der Waals surface area contributed by atoms with Crippen LogP contribution in [0.15, 0.2) is 60.7 Å². The van der Waals surface area contributed by atoms with Gasteiger partial charge < -0.3 is 19.3 Å². The molecule has 2 aromatic rings. The second-order valence-electron chi connectivity index (χ2n) is 9.58. The molecule has 2 aliphatic rings. The maximum Gasteiger partial charge on any atom is 0.343 e. The van der Waals surface area contributed by atoms with Gasteiger partial charge in [-0.1, -0.05) is 48.5 Å². The molecule has 2 bridgehead atoms. The SMILES string of the molecule is COCCOC(=O)[C@@H]1[C@@H](c2cccc([N+](=O)[O-])c2)[C@@](O)(C(=O)OC/C=C/c2ccccc2)[C@@]2(C)N[C@]1(C)OO2. The van der Waals surface area contributed by atoms with Crippen LogP contribution in [-0.2, 0) is 33.6 Å². The molecule has 0 unspecified atom stereocenters. The second-order valence-corrected chi connectivity index (χ2v) is 9.58. The number of nitrogens with zero attached hydrogens (tertiary/aromatic N) is 1. The topological polar surface area (TPSA) is 156 Å². The quantitative estimate of drug-likeness (QED) is 0.149. The van der Waals surface area contributed by atoms with Crippen molar-refractivity contribution in [3.8, 4) is 0 Å². The summed E-state index contributed by atoms with van der Waals surface area (Å²) in [5.74, 6) is -4.81. The second kappa shape index (κ2) is 11.2. The summed E-state index contributed by atoms with van der Waals surface area (Å²) in [6.45, 7) is 2.64. The summed E-state index contributed by atoms with van der Waals surface area (Å²) in [7, 11) is 1.43. The number of carbonyl (C=O) groups excluding carboxylic acids is 2. The van der Waals surface area contributed by atoms with Crippen molar-refractivity contribution >= 4 is 23.7 Å². The van der Waals surface area contributed by atoms with E-state index in [9.17, 15) is 24.8 Å². The number of hydrogen-bond donors (Lipinski definition) is 2. The highest BCUT2D eigenvalue weighted by Gasteiger charge is 2.76. The summed E-state index contributed by atoms with van der Waals surface area (Å²) in [5, 5.41) is 26.6. The van der Waals surface area contributed by atoms with Gasteiger partial charge in [0.15, 0.2) is 11.4 Å². The number of carbonyl (C=O) groups is 2. The highest BCUT2D eigenvalue weighted by molar-refractivity contribution is 5.87. The molecule has 2 aromatic carbocycles. The Labute approximate surface area is 224 Å². The van der Waals surface area contributed by atoms with Gasteiger partial charge in [-0.15, -0.1) is 0 Å². The van der Waals surface area contributed by atoms with Crippen molar-refractivity contribution in [3.05, 3.63) is 81.9 Å². The van der Waals surface area contributed by atoms with Crippen LogP contribution in [0.3, 0.4) is 0 Å². The molecule has 5 atom stereocenters. The average Bonchev–Trinajstić information content (AvgIpc) is 3.22. The van der Waals surface area contributed by atoms with Gasteiger partial charge in [-0.2, -0.15) is 0 Å². The molecule has 12 heteroatoms. The van der Waals surface area contributed by atoms with Crippen LogP contribution >= 0.6 is 0 Å². The molecule has 0 aromatic heterocycles. The number of aliphatic hydroxyl groups is 1. The highest BCUT2D eigenvalue weighted by atomic mass is 17.2. The molecule has 2 heterocycles. The first-order valence-electron chi connectivity index (χ1n) is 12.2. The van der Waals surface area contributed by atoms with Gasteiger partial charge >= 0.3 is 11.9 Å². The van der Waals surface area contributed by atoms with E-state index in [-0.39, 0.29) is 31.1 Å². The maximum atomic E-state index is 13.7. The predicted molar refractivity (Wildman–Crippen MR) is 136 cm³/mol. The Kier molecular flexibility index (Phi) is 8.14.